The fraction of sp³-hybridized carbons (Fsp3) is 0.500. The molecule has 4 N–H and O–H groups in total. The molecule has 0 aromatic rings. The summed E-state index contributed by atoms with van der Waals surface area (Å²) in [6, 6.07) is 1.73. The van der Waals surface area contributed by atoms with E-state index in [0.29, 0.717) is 19.5 Å². The summed E-state index contributed by atoms with van der Waals surface area (Å²) in [5, 5.41) is 24.9. The van der Waals surface area contributed by atoms with Gasteiger partial charge in [-0.1, -0.05) is 0 Å². The quantitative estimate of drug-likeness (QED) is 0.246. The lowest BCUT2D eigenvalue weighted by molar-refractivity contribution is -0.137. The Kier molecular flexibility index (Phi) is 9.04. The maximum atomic E-state index is 11.5. The minimum absolute atomic E-state index is 0.0408. The summed E-state index contributed by atoms with van der Waals surface area (Å²) < 4.78 is 0. The van der Waals surface area contributed by atoms with E-state index in [1.54, 1.807) is 6.07 Å². The summed E-state index contributed by atoms with van der Waals surface area (Å²) in [6.45, 7) is 2.35. The molecule has 110 valence electrons. The van der Waals surface area contributed by atoms with Crippen LogP contribution in [-0.2, 0) is 14.4 Å². The minimum Gasteiger partial charge on any atom is -0.481 e. The van der Waals surface area contributed by atoms with Crippen LogP contribution in [0.4, 0.5) is 0 Å². The standard InChI is InChI=1S/C12H18N4O4/c1-9(17)15-6-5-14-8-10(7-13)12(20)16-4-2-3-11(18)19/h8,14H,2-6H2,1H3,(H,15,17)(H,16,20)(H,18,19)/b10-8-. The Hall–Kier alpha value is -2.56. The van der Waals surface area contributed by atoms with Gasteiger partial charge >= 0.3 is 5.97 Å². The Bertz CT molecular complexity index is 426. The maximum Gasteiger partial charge on any atom is 0.303 e. The van der Waals surface area contributed by atoms with Gasteiger partial charge in [0.1, 0.15) is 11.6 Å². The number of rotatable bonds is 9. The third-order valence-corrected chi connectivity index (χ3v) is 2.11. The van der Waals surface area contributed by atoms with Crippen molar-refractivity contribution in [3.63, 3.8) is 0 Å². The van der Waals surface area contributed by atoms with Crippen molar-refractivity contribution >= 4 is 17.8 Å². The SMILES string of the molecule is CC(=O)NCCN/C=C(/C#N)C(=O)NCCCC(=O)O. The Morgan fingerprint density at radius 3 is 2.45 bits per heavy atom. The van der Waals surface area contributed by atoms with E-state index in [1.165, 1.54) is 13.1 Å². The highest BCUT2D eigenvalue weighted by molar-refractivity contribution is 5.97. The number of amides is 2. The molecule has 0 spiro atoms. The van der Waals surface area contributed by atoms with E-state index < -0.39 is 11.9 Å². The molecule has 0 fully saturated rings. The number of carbonyl (C=O) groups is 3. The van der Waals surface area contributed by atoms with E-state index >= 15 is 0 Å². The van der Waals surface area contributed by atoms with Gasteiger partial charge in [0.25, 0.3) is 5.91 Å². The minimum atomic E-state index is -0.935. The fourth-order valence-electron chi connectivity index (χ4n) is 1.17. The summed E-state index contributed by atoms with van der Waals surface area (Å²) in [7, 11) is 0. The molecule has 8 heteroatoms. The molecule has 0 heterocycles. The lowest BCUT2D eigenvalue weighted by Gasteiger charge is -2.04. The van der Waals surface area contributed by atoms with Gasteiger partial charge in [0, 0.05) is 39.2 Å². The lowest BCUT2D eigenvalue weighted by Crippen LogP contribution is -2.30. The van der Waals surface area contributed by atoms with Crippen LogP contribution in [-0.4, -0.2) is 42.5 Å². The van der Waals surface area contributed by atoms with Crippen LogP contribution in [0.5, 0.6) is 0 Å². The molecule has 0 aliphatic heterocycles. The van der Waals surface area contributed by atoms with Gasteiger partial charge in [0.05, 0.1) is 0 Å². The zero-order chi connectivity index (χ0) is 15.4. The van der Waals surface area contributed by atoms with Crippen LogP contribution in [0.1, 0.15) is 19.8 Å². The van der Waals surface area contributed by atoms with E-state index in [2.05, 4.69) is 16.0 Å². The topological polar surface area (TPSA) is 131 Å². The fourth-order valence-corrected chi connectivity index (χ4v) is 1.17. The number of carbonyl (C=O) groups excluding carboxylic acids is 2. The number of hydrogen-bond donors (Lipinski definition) is 4. The molecule has 0 bridgehead atoms. The van der Waals surface area contributed by atoms with Crippen LogP contribution in [0.3, 0.4) is 0 Å². The molecule has 2 amide bonds. The Morgan fingerprint density at radius 2 is 1.90 bits per heavy atom. The van der Waals surface area contributed by atoms with Gasteiger partial charge in [0.15, 0.2) is 0 Å². The first kappa shape index (κ1) is 17.4. The van der Waals surface area contributed by atoms with Crippen molar-refractivity contribution in [2.45, 2.75) is 19.8 Å². The zero-order valence-electron chi connectivity index (χ0n) is 11.2. The molecule has 0 saturated carbocycles. The van der Waals surface area contributed by atoms with Crippen molar-refractivity contribution < 1.29 is 19.5 Å². The van der Waals surface area contributed by atoms with Gasteiger partial charge in [-0.15, -0.1) is 0 Å². The number of nitrogens with zero attached hydrogens (tertiary/aromatic N) is 1. The van der Waals surface area contributed by atoms with Crippen molar-refractivity contribution in [1.29, 1.82) is 5.26 Å². The van der Waals surface area contributed by atoms with Crippen LogP contribution < -0.4 is 16.0 Å². The first-order valence-electron chi connectivity index (χ1n) is 6.05. The monoisotopic (exact) mass is 282 g/mol. The highest BCUT2D eigenvalue weighted by Crippen LogP contribution is 1.92. The molecule has 0 radical (unpaired) electrons. The van der Waals surface area contributed by atoms with E-state index in [0.717, 1.165) is 0 Å². The third-order valence-electron chi connectivity index (χ3n) is 2.11. The second-order valence-electron chi connectivity index (χ2n) is 3.86. The highest BCUT2D eigenvalue weighted by Gasteiger charge is 2.07. The predicted molar refractivity (Wildman–Crippen MR) is 70.3 cm³/mol. The first-order chi connectivity index (χ1) is 9.47. The molecule has 0 atom stereocenters. The van der Waals surface area contributed by atoms with Gasteiger partial charge in [-0.2, -0.15) is 5.26 Å². The third kappa shape index (κ3) is 9.47. The molecule has 20 heavy (non-hydrogen) atoms. The molecule has 0 saturated heterocycles. The van der Waals surface area contributed by atoms with Crippen molar-refractivity contribution in [2.24, 2.45) is 0 Å². The van der Waals surface area contributed by atoms with Crippen molar-refractivity contribution in [1.82, 2.24) is 16.0 Å². The molecule has 0 aromatic carbocycles. The largest absolute Gasteiger partial charge is 0.481 e. The summed E-state index contributed by atoms with van der Waals surface area (Å²) in [5.41, 5.74) is -0.108. The van der Waals surface area contributed by atoms with Crippen LogP contribution >= 0.6 is 0 Å². The smallest absolute Gasteiger partial charge is 0.303 e. The number of nitrogens with one attached hydrogen (secondary N) is 3. The van der Waals surface area contributed by atoms with E-state index in [9.17, 15) is 14.4 Å². The molecule has 0 rings (SSSR count). The molecule has 0 aliphatic carbocycles. The number of carboxylic acid groups (broad SMARTS) is 1. The van der Waals surface area contributed by atoms with E-state index in [1.807, 2.05) is 0 Å². The van der Waals surface area contributed by atoms with Crippen molar-refractivity contribution in [3.05, 3.63) is 11.8 Å². The summed E-state index contributed by atoms with van der Waals surface area (Å²) >= 11 is 0. The Morgan fingerprint density at radius 1 is 1.20 bits per heavy atom. The maximum absolute atomic E-state index is 11.5. The molecule has 0 aliphatic rings. The molecule has 8 nitrogen and oxygen atoms in total. The average Bonchev–Trinajstić information content (AvgIpc) is 2.38. The van der Waals surface area contributed by atoms with Gasteiger partial charge in [-0.3, -0.25) is 14.4 Å². The molecule has 0 aromatic heterocycles. The average molecular weight is 282 g/mol. The highest BCUT2D eigenvalue weighted by atomic mass is 16.4. The normalized spacial score (nSPS) is 10.3. The number of carboxylic acids is 1. The second kappa shape index (κ2) is 10.4. The van der Waals surface area contributed by atoms with Gasteiger partial charge in [-0.05, 0) is 6.42 Å². The van der Waals surface area contributed by atoms with E-state index in [4.69, 9.17) is 10.4 Å². The molecular formula is C12H18N4O4. The number of nitriles is 1. The van der Waals surface area contributed by atoms with Crippen LogP contribution in [0, 0.1) is 11.3 Å². The predicted octanol–water partition coefficient (Wildman–Crippen LogP) is -0.899. The molecular weight excluding hydrogens is 264 g/mol. The van der Waals surface area contributed by atoms with Gasteiger partial charge < -0.3 is 21.1 Å². The second-order valence-corrected chi connectivity index (χ2v) is 3.86. The first-order valence-corrected chi connectivity index (χ1v) is 6.05. The zero-order valence-corrected chi connectivity index (χ0v) is 11.2. The summed E-state index contributed by atoms with van der Waals surface area (Å²) in [5.74, 6) is -1.66. The summed E-state index contributed by atoms with van der Waals surface area (Å²) in [6.07, 6.45) is 1.52. The molecule has 0 unspecified atom stereocenters. The Balaban J connectivity index is 3.98. The van der Waals surface area contributed by atoms with Crippen LogP contribution in [0.2, 0.25) is 0 Å². The van der Waals surface area contributed by atoms with Crippen molar-refractivity contribution in [3.8, 4) is 6.07 Å². The summed E-state index contributed by atoms with van der Waals surface area (Å²) in [4.78, 5) is 32.4. The lowest BCUT2D eigenvalue weighted by atomic mass is 10.2. The van der Waals surface area contributed by atoms with Crippen LogP contribution in [0.15, 0.2) is 11.8 Å². The number of aliphatic carboxylic acids is 1. The van der Waals surface area contributed by atoms with Crippen LogP contribution in [0.25, 0.3) is 0 Å². The van der Waals surface area contributed by atoms with E-state index in [-0.39, 0.29) is 24.4 Å². The van der Waals surface area contributed by atoms with Gasteiger partial charge in [0.2, 0.25) is 5.91 Å². The van der Waals surface area contributed by atoms with Crippen molar-refractivity contribution in [2.75, 3.05) is 19.6 Å². The Labute approximate surface area is 116 Å². The number of hydrogen-bond acceptors (Lipinski definition) is 5. The van der Waals surface area contributed by atoms with Gasteiger partial charge in [-0.25, -0.2) is 0 Å².